The quantitative estimate of drug-likeness (QED) is 0.752. The third-order valence-electron chi connectivity index (χ3n) is 2.85. The molecule has 4 N–H and O–H groups in total. The fourth-order valence-electron chi connectivity index (χ4n) is 1.80. The van der Waals surface area contributed by atoms with Gasteiger partial charge in [-0.05, 0) is 37.1 Å². The summed E-state index contributed by atoms with van der Waals surface area (Å²) in [6.45, 7) is 3.00. The highest BCUT2D eigenvalue weighted by atomic mass is 16.1. The minimum atomic E-state index is -0.171. The van der Waals surface area contributed by atoms with Crippen LogP contribution in [0.3, 0.4) is 0 Å². The number of hydrogen-bond acceptors (Lipinski definition) is 3. The molecular formula is C14H18N4O. The lowest BCUT2D eigenvalue weighted by molar-refractivity contribution is 0.0946. The van der Waals surface area contributed by atoms with Gasteiger partial charge in [0.15, 0.2) is 0 Å². The number of nitrogens with one attached hydrogen (secondary N) is 2. The summed E-state index contributed by atoms with van der Waals surface area (Å²) in [7, 11) is 0. The maximum absolute atomic E-state index is 11.8. The molecule has 1 aromatic carbocycles. The van der Waals surface area contributed by atoms with E-state index in [1.54, 1.807) is 6.07 Å². The van der Waals surface area contributed by atoms with Crippen LogP contribution < -0.4 is 11.1 Å². The molecule has 0 aliphatic heterocycles. The Bertz CT molecular complexity index is 545. The zero-order valence-corrected chi connectivity index (χ0v) is 10.9. The predicted molar refractivity (Wildman–Crippen MR) is 73.7 cm³/mol. The van der Waals surface area contributed by atoms with Gasteiger partial charge in [-0.25, -0.2) is 0 Å². The van der Waals surface area contributed by atoms with E-state index in [1.165, 1.54) is 5.56 Å². The molecule has 0 saturated heterocycles. The number of nitrogens with zero attached hydrogens (tertiary/aromatic N) is 1. The summed E-state index contributed by atoms with van der Waals surface area (Å²) < 4.78 is 0. The Morgan fingerprint density at radius 1 is 1.32 bits per heavy atom. The molecule has 0 aliphatic carbocycles. The Morgan fingerprint density at radius 3 is 2.58 bits per heavy atom. The van der Waals surface area contributed by atoms with Gasteiger partial charge in [-0.15, -0.1) is 0 Å². The minimum absolute atomic E-state index is 0.171. The smallest absolute Gasteiger partial charge is 0.272 e. The van der Waals surface area contributed by atoms with Crippen LogP contribution in [0.1, 0.15) is 27.3 Å². The molecule has 2 rings (SSSR count). The molecule has 2 aromatic rings. The van der Waals surface area contributed by atoms with Crippen LogP contribution in [0, 0.1) is 6.92 Å². The van der Waals surface area contributed by atoms with Gasteiger partial charge in [0, 0.05) is 12.2 Å². The molecule has 0 saturated carbocycles. The molecule has 1 heterocycles. The monoisotopic (exact) mass is 258 g/mol. The number of aromatic amines is 1. The number of rotatable bonds is 5. The van der Waals surface area contributed by atoms with Crippen molar-refractivity contribution in [3.63, 3.8) is 0 Å². The molecule has 100 valence electrons. The van der Waals surface area contributed by atoms with Crippen molar-refractivity contribution in [2.45, 2.75) is 19.9 Å². The van der Waals surface area contributed by atoms with Crippen LogP contribution in [0.5, 0.6) is 0 Å². The van der Waals surface area contributed by atoms with Crippen molar-refractivity contribution < 1.29 is 4.79 Å². The van der Waals surface area contributed by atoms with Gasteiger partial charge in [-0.1, -0.05) is 24.3 Å². The molecule has 0 atom stereocenters. The van der Waals surface area contributed by atoms with Crippen molar-refractivity contribution in [1.29, 1.82) is 0 Å². The Kier molecular flexibility index (Phi) is 4.30. The van der Waals surface area contributed by atoms with Crippen molar-refractivity contribution in [3.05, 3.63) is 52.8 Å². The number of carbonyl (C=O) groups is 1. The van der Waals surface area contributed by atoms with Crippen molar-refractivity contribution in [3.8, 4) is 0 Å². The highest BCUT2D eigenvalue weighted by molar-refractivity contribution is 5.92. The zero-order chi connectivity index (χ0) is 13.7. The first kappa shape index (κ1) is 13.3. The van der Waals surface area contributed by atoms with Gasteiger partial charge in [-0.3, -0.25) is 9.89 Å². The van der Waals surface area contributed by atoms with Crippen LogP contribution in [0.4, 0.5) is 0 Å². The molecule has 0 spiro atoms. The number of aryl methyl sites for hydroxylation is 1. The lowest BCUT2D eigenvalue weighted by atomic mass is 10.1. The second-order valence-electron chi connectivity index (χ2n) is 4.47. The summed E-state index contributed by atoms with van der Waals surface area (Å²) in [5.74, 6) is -0.171. The number of aromatic nitrogens is 2. The van der Waals surface area contributed by atoms with E-state index in [4.69, 9.17) is 5.73 Å². The number of benzene rings is 1. The van der Waals surface area contributed by atoms with E-state index in [0.717, 1.165) is 17.7 Å². The standard InChI is InChI=1S/C14H18N4O/c1-10-8-13(18-17-10)14(19)16-9-12-4-2-11(3-5-12)6-7-15/h2-5,8H,6-7,9,15H2,1H3,(H,16,19)(H,17,18). The summed E-state index contributed by atoms with van der Waals surface area (Å²) in [6, 6.07) is 9.79. The van der Waals surface area contributed by atoms with Gasteiger partial charge in [0.2, 0.25) is 0 Å². The van der Waals surface area contributed by atoms with E-state index >= 15 is 0 Å². The normalized spacial score (nSPS) is 10.4. The first-order valence-corrected chi connectivity index (χ1v) is 6.27. The van der Waals surface area contributed by atoms with E-state index in [1.807, 2.05) is 31.2 Å². The maximum Gasteiger partial charge on any atom is 0.272 e. The zero-order valence-electron chi connectivity index (χ0n) is 10.9. The Balaban J connectivity index is 1.89. The van der Waals surface area contributed by atoms with Crippen molar-refractivity contribution >= 4 is 5.91 Å². The van der Waals surface area contributed by atoms with Crippen LogP contribution in [0.25, 0.3) is 0 Å². The number of H-pyrrole nitrogens is 1. The van der Waals surface area contributed by atoms with Crippen LogP contribution in [-0.4, -0.2) is 22.6 Å². The van der Waals surface area contributed by atoms with Gasteiger partial charge in [0.25, 0.3) is 5.91 Å². The number of carbonyl (C=O) groups excluding carboxylic acids is 1. The molecular weight excluding hydrogens is 240 g/mol. The lowest BCUT2D eigenvalue weighted by Gasteiger charge is -2.05. The molecule has 0 radical (unpaired) electrons. The van der Waals surface area contributed by atoms with E-state index in [0.29, 0.717) is 18.8 Å². The Labute approximate surface area is 112 Å². The minimum Gasteiger partial charge on any atom is -0.347 e. The van der Waals surface area contributed by atoms with E-state index < -0.39 is 0 Å². The summed E-state index contributed by atoms with van der Waals surface area (Å²) in [6.07, 6.45) is 0.874. The average molecular weight is 258 g/mol. The van der Waals surface area contributed by atoms with E-state index in [2.05, 4.69) is 15.5 Å². The molecule has 1 aromatic heterocycles. The van der Waals surface area contributed by atoms with Crippen molar-refractivity contribution in [1.82, 2.24) is 15.5 Å². The largest absolute Gasteiger partial charge is 0.347 e. The summed E-state index contributed by atoms with van der Waals surface area (Å²) in [5.41, 5.74) is 9.05. The molecule has 5 nitrogen and oxygen atoms in total. The fraction of sp³-hybridized carbons (Fsp3) is 0.286. The third kappa shape index (κ3) is 3.66. The third-order valence-corrected chi connectivity index (χ3v) is 2.85. The second-order valence-corrected chi connectivity index (χ2v) is 4.47. The van der Waals surface area contributed by atoms with Gasteiger partial charge in [0.05, 0.1) is 0 Å². The predicted octanol–water partition coefficient (Wildman–Crippen LogP) is 1.15. The summed E-state index contributed by atoms with van der Waals surface area (Å²) in [5, 5.41) is 9.50. The highest BCUT2D eigenvalue weighted by Crippen LogP contribution is 2.05. The molecule has 0 bridgehead atoms. The van der Waals surface area contributed by atoms with E-state index in [9.17, 15) is 4.79 Å². The van der Waals surface area contributed by atoms with Crippen molar-refractivity contribution in [2.75, 3.05) is 6.54 Å². The van der Waals surface area contributed by atoms with Gasteiger partial charge in [-0.2, -0.15) is 5.10 Å². The second kappa shape index (κ2) is 6.15. The average Bonchev–Trinajstić information content (AvgIpc) is 2.85. The molecule has 19 heavy (non-hydrogen) atoms. The number of hydrogen-bond donors (Lipinski definition) is 3. The molecule has 1 amide bonds. The first-order valence-electron chi connectivity index (χ1n) is 6.27. The Morgan fingerprint density at radius 2 is 2.00 bits per heavy atom. The van der Waals surface area contributed by atoms with Crippen LogP contribution in [-0.2, 0) is 13.0 Å². The Hall–Kier alpha value is -2.14. The highest BCUT2D eigenvalue weighted by Gasteiger charge is 2.08. The molecule has 0 fully saturated rings. The summed E-state index contributed by atoms with van der Waals surface area (Å²) in [4.78, 5) is 11.8. The maximum atomic E-state index is 11.8. The van der Waals surface area contributed by atoms with Gasteiger partial charge in [0.1, 0.15) is 5.69 Å². The first-order chi connectivity index (χ1) is 9.19. The van der Waals surface area contributed by atoms with Crippen molar-refractivity contribution in [2.24, 2.45) is 5.73 Å². The molecule has 5 heteroatoms. The molecule has 0 unspecified atom stereocenters. The number of nitrogens with two attached hydrogens (primary N) is 1. The summed E-state index contributed by atoms with van der Waals surface area (Å²) >= 11 is 0. The number of amides is 1. The molecule has 0 aliphatic rings. The fourth-order valence-corrected chi connectivity index (χ4v) is 1.80. The van der Waals surface area contributed by atoms with Gasteiger partial charge < -0.3 is 11.1 Å². The van der Waals surface area contributed by atoms with Crippen LogP contribution in [0.15, 0.2) is 30.3 Å². The van der Waals surface area contributed by atoms with Crippen LogP contribution in [0.2, 0.25) is 0 Å². The SMILES string of the molecule is Cc1cc(C(=O)NCc2ccc(CCN)cc2)n[nH]1. The topological polar surface area (TPSA) is 83.8 Å². The lowest BCUT2D eigenvalue weighted by Crippen LogP contribution is -2.23. The van der Waals surface area contributed by atoms with Gasteiger partial charge >= 0.3 is 0 Å². The van der Waals surface area contributed by atoms with E-state index in [-0.39, 0.29) is 5.91 Å². The van der Waals surface area contributed by atoms with Crippen LogP contribution >= 0.6 is 0 Å².